The van der Waals surface area contributed by atoms with Crippen LogP contribution in [-0.4, -0.2) is 0 Å². The second kappa shape index (κ2) is 10.9. The van der Waals surface area contributed by atoms with E-state index >= 15 is 0 Å². The molecule has 0 bridgehead atoms. The maximum absolute atomic E-state index is 2.46. The zero-order valence-corrected chi connectivity index (χ0v) is 13.1. The van der Waals surface area contributed by atoms with Crippen molar-refractivity contribution in [3.63, 3.8) is 0 Å². The van der Waals surface area contributed by atoms with Crippen LogP contribution in [0, 0.1) is 11.8 Å². The molecular formula is C18H36. The summed E-state index contributed by atoms with van der Waals surface area (Å²) in [6, 6.07) is 0. The van der Waals surface area contributed by atoms with E-state index in [1.54, 1.807) is 0 Å². The zero-order chi connectivity index (χ0) is 13.1. The van der Waals surface area contributed by atoms with Crippen LogP contribution in [0.5, 0.6) is 0 Å². The maximum atomic E-state index is 2.46. The van der Waals surface area contributed by atoms with Gasteiger partial charge in [0.25, 0.3) is 0 Å². The normalized spacial score (nSPS) is 31.0. The molecule has 0 radical (unpaired) electrons. The molecule has 0 spiro atoms. The molecular weight excluding hydrogens is 216 g/mol. The fourth-order valence-corrected chi connectivity index (χ4v) is 3.32. The highest BCUT2D eigenvalue weighted by Gasteiger charge is 2.05. The van der Waals surface area contributed by atoms with E-state index in [2.05, 4.69) is 13.8 Å². The first-order valence-corrected chi connectivity index (χ1v) is 8.79. The third-order valence-corrected chi connectivity index (χ3v) is 4.79. The lowest BCUT2D eigenvalue weighted by Gasteiger charge is -2.14. The van der Waals surface area contributed by atoms with Gasteiger partial charge in [0.15, 0.2) is 0 Å². The van der Waals surface area contributed by atoms with Crippen molar-refractivity contribution in [1.29, 1.82) is 0 Å². The van der Waals surface area contributed by atoms with E-state index in [0.717, 1.165) is 11.8 Å². The first-order valence-electron chi connectivity index (χ1n) is 8.79. The van der Waals surface area contributed by atoms with Gasteiger partial charge in [-0.25, -0.2) is 0 Å². The minimum atomic E-state index is 0.980. The quantitative estimate of drug-likeness (QED) is 0.448. The first-order chi connectivity index (χ1) is 8.79. The number of rotatable bonds is 0. The SMILES string of the molecule is CC1CCCCCCCCCCC(C)CCCC1. The molecule has 1 aliphatic rings. The van der Waals surface area contributed by atoms with Crippen molar-refractivity contribution in [3.05, 3.63) is 0 Å². The molecule has 0 aliphatic heterocycles. The monoisotopic (exact) mass is 252 g/mol. The van der Waals surface area contributed by atoms with Gasteiger partial charge in [0.05, 0.1) is 0 Å². The molecule has 2 unspecified atom stereocenters. The first kappa shape index (κ1) is 16.1. The van der Waals surface area contributed by atoms with Crippen molar-refractivity contribution >= 4 is 0 Å². The van der Waals surface area contributed by atoms with Gasteiger partial charge in [-0.3, -0.25) is 0 Å². The third-order valence-electron chi connectivity index (χ3n) is 4.79. The smallest absolute Gasteiger partial charge is 0.0443 e. The van der Waals surface area contributed by atoms with Crippen LogP contribution in [0.1, 0.15) is 104 Å². The molecule has 0 nitrogen and oxygen atoms in total. The molecule has 0 saturated heterocycles. The van der Waals surface area contributed by atoms with E-state index in [1.807, 2.05) is 0 Å². The Bertz CT molecular complexity index is 153. The molecule has 108 valence electrons. The van der Waals surface area contributed by atoms with Crippen LogP contribution in [0.15, 0.2) is 0 Å². The standard InChI is InChI=1S/C18H36/c1-17-13-9-7-5-3-4-6-8-10-14-18(2)16-12-11-15-17/h17-18H,3-16H2,1-2H3. The molecule has 0 amide bonds. The van der Waals surface area contributed by atoms with Crippen molar-refractivity contribution in [2.75, 3.05) is 0 Å². The average molecular weight is 252 g/mol. The highest BCUT2D eigenvalue weighted by Crippen LogP contribution is 2.22. The predicted octanol–water partition coefficient (Wildman–Crippen LogP) is 6.73. The molecule has 18 heavy (non-hydrogen) atoms. The molecule has 0 heterocycles. The van der Waals surface area contributed by atoms with Crippen molar-refractivity contribution in [1.82, 2.24) is 0 Å². The second-order valence-electron chi connectivity index (χ2n) is 6.90. The summed E-state index contributed by atoms with van der Waals surface area (Å²) >= 11 is 0. The number of hydrogen-bond acceptors (Lipinski definition) is 0. The second-order valence-corrected chi connectivity index (χ2v) is 6.90. The Hall–Kier alpha value is 0. The van der Waals surface area contributed by atoms with Gasteiger partial charge in [-0.05, 0) is 11.8 Å². The predicted molar refractivity (Wildman–Crippen MR) is 83.0 cm³/mol. The highest BCUT2D eigenvalue weighted by molar-refractivity contribution is 4.59. The van der Waals surface area contributed by atoms with Crippen LogP contribution in [0.3, 0.4) is 0 Å². The minimum Gasteiger partial charge on any atom is -0.0625 e. The van der Waals surface area contributed by atoms with E-state index < -0.39 is 0 Å². The van der Waals surface area contributed by atoms with Crippen LogP contribution in [0.4, 0.5) is 0 Å². The molecule has 2 atom stereocenters. The highest BCUT2D eigenvalue weighted by atomic mass is 14.1. The van der Waals surface area contributed by atoms with E-state index in [1.165, 1.54) is 89.9 Å². The topological polar surface area (TPSA) is 0 Å². The summed E-state index contributed by atoms with van der Waals surface area (Å²) in [4.78, 5) is 0. The van der Waals surface area contributed by atoms with Gasteiger partial charge < -0.3 is 0 Å². The van der Waals surface area contributed by atoms with Crippen molar-refractivity contribution in [2.24, 2.45) is 11.8 Å². The lowest BCUT2D eigenvalue weighted by atomic mass is 9.92. The summed E-state index contributed by atoms with van der Waals surface area (Å²) in [5.41, 5.74) is 0. The van der Waals surface area contributed by atoms with Gasteiger partial charge in [0.1, 0.15) is 0 Å². The zero-order valence-electron chi connectivity index (χ0n) is 13.1. The molecule has 0 aromatic rings. The Morgan fingerprint density at radius 3 is 0.944 bits per heavy atom. The maximum Gasteiger partial charge on any atom is -0.0443 e. The van der Waals surface area contributed by atoms with Gasteiger partial charge in [-0.15, -0.1) is 0 Å². The fourth-order valence-electron chi connectivity index (χ4n) is 3.32. The summed E-state index contributed by atoms with van der Waals surface area (Å²) < 4.78 is 0. The largest absolute Gasteiger partial charge is 0.0625 e. The fraction of sp³-hybridized carbons (Fsp3) is 1.00. The van der Waals surface area contributed by atoms with Gasteiger partial charge >= 0.3 is 0 Å². The molecule has 0 heteroatoms. The van der Waals surface area contributed by atoms with Crippen LogP contribution in [-0.2, 0) is 0 Å². The Morgan fingerprint density at radius 1 is 0.389 bits per heavy atom. The molecule has 0 aromatic carbocycles. The molecule has 1 fully saturated rings. The van der Waals surface area contributed by atoms with E-state index in [4.69, 9.17) is 0 Å². The minimum absolute atomic E-state index is 0.980. The lowest BCUT2D eigenvalue weighted by Crippen LogP contribution is -1.98. The Kier molecular flexibility index (Phi) is 9.70. The van der Waals surface area contributed by atoms with Crippen molar-refractivity contribution in [3.8, 4) is 0 Å². The van der Waals surface area contributed by atoms with E-state index in [0.29, 0.717) is 0 Å². The average Bonchev–Trinajstić information content (AvgIpc) is 2.35. The van der Waals surface area contributed by atoms with Gasteiger partial charge in [0.2, 0.25) is 0 Å². The Labute approximate surface area is 116 Å². The van der Waals surface area contributed by atoms with E-state index in [-0.39, 0.29) is 0 Å². The van der Waals surface area contributed by atoms with Crippen LogP contribution >= 0.6 is 0 Å². The molecule has 0 N–H and O–H groups in total. The molecule has 0 aromatic heterocycles. The Morgan fingerprint density at radius 2 is 0.611 bits per heavy atom. The van der Waals surface area contributed by atoms with Gasteiger partial charge in [0, 0.05) is 0 Å². The Balaban J connectivity index is 2.18. The summed E-state index contributed by atoms with van der Waals surface area (Å²) in [6.07, 6.45) is 20.8. The van der Waals surface area contributed by atoms with E-state index in [9.17, 15) is 0 Å². The molecule has 1 aliphatic carbocycles. The number of hydrogen-bond donors (Lipinski definition) is 0. The van der Waals surface area contributed by atoms with Crippen molar-refractivity contribution < 1.29 is 0 Å². The lowest BCUT2D eigenvalue weighted by molar-refractivity contribution is 0.395. The van der Waals surface area contributed by atoms with Crippen LogP contribution < -0.4 is 0 Å². The third kappa shape index (κ3) is 9.00. The molecule has 1 rings (SSSR count). The summed E-state index contributed by atoms with van der Waals surface area (Å²) in [5.74, 6) is 1.96. The summed E-state index contributed by atoms with van der Waals surface area (Å²) in [7, 11) is 0. The summed E-state index contributed by atoms with van der Waals surface area (Å²) in [6.45, 7) is 4.93. The van der Waals surface area contributed by atoms with Gasteiger partial charge in [-0.2, -0.15) is 0 Å². The van der Waals surface area contributed by atoms with Gasteiger partial charge in [-0.1, -0.05) is 104 Å². The van der Waals surface area contributed by atoms with Crippen LogP contribution in [0.25, 0.3) is 0 Å². The molecule has 1 saturated carbocycles. The van der Waals surface area contributed by atoms with Crippen LogP contribution in [0.2, 0.25) is 0 Å². The van der Waals surface area contributed by atoms with Crippen molar-refractivity contribution in [2.45, 2.75) is 104 Å². The summed E-state index contributed by atoms with van der Waals surface area (Å²) in [5, 5.41) is 0.